The first kappa shape index (κ1) is 25.5. The van der Waals surface area contributed by atoms with Crippen molar-refractivity contribution < 1.29 is 19.1 Å². The normalized spacial score (nSPS) is 22.3. The summed E-state index contributed by atoms with van der Waals surface area (Å²) in [5.41, 5.74) is 8.16. The first-order chi connectivity index (χ1) is 15.3. The van der Waals surface area contributed by atoms with Gasteiger partial charge < -0.3 is 20.1 Å². The third-order valence-electron chi connectivity index (χ3n) is 6.83. The molecule has 0 bridgehead atoms. The number of nitrogens with two attached hydrogens (primary N) is 1. The van der Waals surface area contributed by atoms with Gasteiger partial charge >= 0.3 is 5.97 Å². The van der Waals surface area contributed by atoms with E-state index in [9.17, 15) is 9.59 Å². The van der Waals surface area contributed by atoms with E-state index in [1.54, 1.807) is 25.7 Å². The summed E-state index contributed by atoms with van der Waals surface area (Å²) in [5.74, 6) is 1.04. The number of esters is 1. The van der Waals surface area contributed by atoms with E-state index in [0.717, 1.165) is 36.5 Å². The van der Waals surface area contributed by atoms with Crippen LogP contribution in [0.1, 0.15) is 84.8 Å². The number of carbonyl (C=O) groups excluding carboxylic acids is 2. The first-order valence-electron chi connectivity index (χ1n) is 12.4. The fourth-order valence-corrected chi connectivity index (χ4v) is 4.91. The number of carbonyl (C=O) groups is 2. The number of hydrogen-bond donors (Lipinski definition) is 1. The topological polar surface area (TPSA) is 81.9 Å². The largest absolute Gasteiger partial charge is 0.490 e. The molecule has 1 amide bonds. The van der Waals surface area contributed by atoms with E-state index in [-0.39, 0.29) is 18.4 Å². The number of nitrogens with zero attached hydrogens (tertiary/aromatic N) is 1. The summed E-state index contributed by atoms with van der Waals surface area (Å²) in [6.07, 6.45) is 5.60. The van der Waals surface area contributed by atoms with Crippen LogP contribution in [-0.2, 0) is 27.3 Å². The maximum Gasteiger partial charge on any atom is 0.308 e. The van der Waals surface area contributed by atoms with Crippen LogP contribution >= 0.6 is 0 Å². The number of hydrogen-bond acceptors (Lipinski definition) is 5. The number of rotatable bonds is 5. The van der Waals surface area contributed by atoms with Crippen molar-refractivity contribution in [1.82, 2.24) is 4.90 Å². The van der Waals surface area contributed by atoms with E-state index in [2.05, 4.69) is 32.9 Å². The van der Waals surface area contributed by atoms with Crippen molar-refractivity contribution in [1.29, 1.82) is 0 Å². The zero-order valence-corrected chi connectivity index (χ0v) is 21.3. The Kier molecular flexibility index (Phi) is 7.77. The monoisotopic (exact) mass is 458 g/mol. The summed E-state index contributed by atoms with van der Waals surface area (Å²) in [6.45, 7) is 13.5. The Bertz CT molecular complexity index is 845. The van der Waals surface area contributed by atoms with Crippen LogP contribution in [0.2, 0.25) is 0 Å². The molecule has 1 fully saturated rings. The van der Waals surface area contributed by atoms with E-state index >= 15 is 0 Å². The molecule has 1 aliphatic carbocycles. The van der Waals surface area contributed by atoms with Gasteiger partial charge in [-0.3, -0.25) is 9.59 Å². The molecule has 0 radical (unpaired) electrons. The molecule has 2 N–H and O–H groups in total. The molecule has 0 spiro atoms. The minimum absolute atomic E-state index is 0.107. The van der Waals surface area contributed by atoms with Gasteiger partial charge in [0.2, 0.25) is 5.91 Å². The fourth-order valence-electron chi connectivity index (χ4n) is 4.91. The fraction of sp³-hybridized carbons (Fsp3) is 0.704. The molecule has 6 heteroatoms. The van der Waals surface area contributed by atoms with Crippen molar-refractivity contribution in [3.8, 4) is 5.75 Å². The number of ether oxygens (including phenoxy) is 2. The molecule has 2 aliphatic rings. The molecule has 1 aromatic carbocycles. The van der Waals surface area contributed by atoms with Crippen molar-refractivity contribution in [2.24, 2.45) is 17.1 Å². The average molecular weight is 459 g/mol. The molecule has 0 saturated heterocycles. The van der Waals surface area contributed by atoms with Gasteiger partial charge in [-0.25, -0.2) is 0 Å². The summed E-state index contributed by atoms with van der Waals surface area (Å²) in [4.78, 5) is 26.6. The number of benzene rings is 1. The van der Waals surface area contributed by atoms with E-state index in [1.165, 1.54) is 18.4 Å². The summed E-state index contributed by atoms with van der Waals surface area (Å²) in [6, 6.07) is 5.33. The van der Waals surface area contributed by atoms with Gasteiger partial charge in [0.05, 0.1) is 18.6 Å². The molecule has 1 aromatic rings. The lowest BCUT2D eigenvalue weighted by molar-refractivity contribution is -0.157. The second kappa shape index (κ2) is 10.0. The van der Waals surface area contributed by atoms with Gasteiger partial charge in [-0.2, -0.15) is 0 Å². The molecule has 3 rings (SSSR count). The van der Waals surface area contributed by atoms with Crippen molar-refractivity contribution in [2.75, 3.05) is 6.54 Å². The Morgan fingerprint density at radius 3 is 2.33 bits per heavy atom. The lowest BCUT2D eigenvalue weighted by Gasteiger charge is -2.37. The second-order valence-corrected chi connectivity index (χ2v) is 11.8. The highest BCUT2D eigenvalue weighted by Crippen LogP contribution is 2.39. The Morgan fingerprint density at radius 2 is 1.73 bits per heavy atom. The van der Waals surface area contributed by atoms with Crippen LogP contribution in [0, 0.1) is 11.3 Å². The third-order valence-corrected chi connectivity index (χ3v) is 6.83. The Hall–Kier alpha value is -2.08. The summed E-state index contributed by atoms with van der Waals surface area (Å²) in [5, 5.41) is 0. The van der Waals surface area contributed by atoms with Crippen LogP contribution in [0.3, 0.4) is 0 Å². The molecular formula is C27H42N2O4. The molecule has 33 heavy (non-hydrogen) atoms. The van der Waals surface area contributed by atoms with Gasteiger partial charge in [0.15, 0.2) is 0 Å². The molecule has 6 nitrogen and oxygen atoms in total. The average Bonchev–Trinajstić information content (AvgIpc) is 2.71. The number of amides is 1. The minimum Gasteiger partial charge on any atom is -0.490 e. The maximum absolute atomic E-state index is 12.8. The van der Waals surface area contributed by atoms with E-state index in [1.807, 2.05) is 6.07 Å². The van der Waals surface area contributed by atoms with Crippen LogP contribution < -0.4 is 10.5 Å². The molecular weight excluding hydrogens is 416 g/mol. The van der Waals surface area contributed by atoms with Gasteiger partial charge in [0, 0.05) is 13.1 Å². The van der Waals surface area contributed by atoms with Gasteiger partial charge in [0.1, 0.15) is 11.4 Å². The van der Waals surface area contributed by atoms with Crippen LogP contribution in [0.15, 0.2) is 18.2 Å². The highest BCUT2D eigenvalue weighted by Gasteiger charge is 2.31. The van der Waals surface area contributed by atoms with Crippen molar-refractivity contribution in [2.45, 2.75) is 104 Å². The quantitative estimate of drug-likeness (QED) is 0.652. The molecule has 1 heterocycles. The predicted molar refractivity (Wildman–Crippen MR) is 130 cm³/mol. The zero-order valence-electron chi connectivity index (χ0n) is 21.3. The zero-order chi connectivity index (χ0) is 24.4. The highest BCUT2D eigenvalue weighted by atomic mass is 16.6. The third kappa shape index (κ3) is 7.20. The van der Waals surface area contributed by atoms with Crippen LogP contribution in [-0.4, -0.2) is 41.1 Å². The van der Waals surface area contributed by atoms with Gasteiger partial charge in [0.25, 0.3) is 0 Å². The molecule has 0 aromatic heterocycles. The smallest absolute Gasteiger partial charge is 0.308 e. The minimum atomic E-state index is -0.882. The van der Waals surface area contributed by atoms with Crippen molar-refractivity contribution in [3.63, 3.8) is 0 Å². The lowest BCUT2D eigenvalue weighted by Crippen LogP contribution is -2.47. The predicted octanol–water partition coefficient (Wildman–Crippen LogP) is 4.61. The van der Waals surface area contributed by atoms with Gasteiger partial charge in [-0.1, -0.05) is 26.8 Å². The molecule has 1 unspecified atom stereocenters. The van der Waals surface area contributed by atoms with Crippen LogP contribution in [0.5, 0.6) is 5.75 Å². The van der Waals surface area contributed by atoms with Crippen LogP contribution in [0.25, 0.3) is 0 Å². The Labute approximate surface area is 199 Å². The lowest BCUT2D eigenvalue weighted by atomic mass is 9.72. The standard InChI is InChI=1S/C27H42N2O4/c1-26(2,3)20-8-11-21(12-9-20)32-22-10-7-19-17-29(14-13-18(19)15-22)25(31)23(28)16-24(30)33-27(4,5)6/h7,10,15,20-21,23H,8-9,11-14,16-17,28H2,1-6H3. The molecule has 1 atom stereocenters. The summed E-state index contributed by atoms with van der Waals surface area (Å²) in [7, 11) is 0. The molecule has 1 saturated carbocycles. The Balaban J connectivity index is 1.53. The van der Waals surface area contributed by atoms with E-state index < -0.39 is 17.6 Å². The van der Waals surface area contributed by atoms with Crippen molar-refractivity contribution in [3.05, 3.63) is 29.3 Å². The highest BCUT2D eigenvalue weighted by molar-refractivity contribution is 5.86. The SMILES string of the molecule is CC(C)(C)OC(=O)CC(N)C(=O)N1CCc2cc(OC3CCC(C(C)(C)C)CC3)ccc2C1. The van der Waals surface area contributed by atoms with Gasteiger partial charge in [-0.05, 0) is 87.5 Å². The maximum atomic E-state index is 12.8. The van der Waals surface area contributed by atoms with Crippen molar-refractivity contribution >= 4 is 11.9 Å². The second-order valence-electron chi connectivity index (χ2n) is 11.8. The Morgan fingerprint density at radius 1 is 1.06 bits per heavy atom. The van der Waals surface area contributed by atoms with Gasteiger partial charge in [-0.15, -0.1) is 0 Å². The molecule has 184 valence electrons. The summed E-state index contributed by atoms with van der Waals surface area (Å²) >= 11 is 0. The van der Waals surface area contributed by atoms with E-state index in [0.29, 0.717) is 18.5 Å². The molecule has 1 aliphatic heterocycles. The van der Waals surface area contributed by atoms with Crippen LogP contribution in [0.4, 0.5) is 0 Å². The number of fused-ring (bicyclic) bond motifs is 1. The van der Waals surface area contributed by atoms with E-state index in [4.69, 9.17) is 15.2 Å². The summed E-state index contributed by atoms with van der Waals surface area (Å²) < 4.78 is 11.6. The first-order valence-corrected chi connectivity index (χ1v) is 12.4.